The zero-order valence-corrected chi connectivity index (χ0v) is 12.9. The number of nitrogens with two attached hydrogens (primary N) is 1. The summed E-state index contributed by atoms with van der Waals surface area (Å²) in [6.45, 7) is 2.18. The molecule has 0 radical (unpaired) electrons. The SMILES string of the molecule is CCc1ccc(CC(NN)c2ccc3ccccc3n2)s1. The Morgan fingerprint density at radius 2 is 1.90 bits per heavy atom. The predicted octanol–water partition coefficient (Wildman–Crippen LogP) is 3.61. The van der Waals surface area contributed by atoms with Crippen LogP contribution in [0.4, 0.5) is 0 Å². The summed E-state index contributed by atoms with van der Waals surface area (Å²) in [4.78, 5) is 7.48. The molecule has 0 bridgehead atoms. The molecule has 0 spiro atoms. The molecule has 3 nitrogen and oxygen atoms in total. The Bertz CT molecular complexity index is 735. The topological polar surface area (TPSA) is 50.9 Å². The van der Waals surface area contributed by atoms with Crippen LogP contribution in [0.1, 0.15) is 28.4 Å². The minimum atomic E-state index is 0.0398. The highest BCUT2D eigenvalue weighted by Crippen LogP contribution is 2.24. The molecule has 1 atom stereocenters. The van der Waals surface area contributed by atoms with Crippen molar-refractivity contribution in [2.75, 3.05) is 0 Å². The van der Waals surface area contributed by atoms with Crippen molar-refractivity contribution in [2.24, 2.45) is 5.84 Å². The van der Waals surface area contributed by atoms with Gasteiger partial charge in [-0.15, -0.1) is 11.3 Å². The number of fused-ring (bicyclic) bond motifs is 1. The molecular formula is C17H19N3S. The number of hydrogen-bond donors (Lipinski definition) is 2. The Morgan fingerprint density at radius 1 is 1.10 bits per heavy atom. The molecule has 0 fully saturated rings. The number of thiophene rings is 1. The van der Waals surface area contributed by atoms with Crippen LogP contribution in [-0.4, -0.2) is 4.98 Å². The number of para-hydroxylation sites is 1. The largest absolute Gasteiger partial charge is 0.271 e. The van der Waals surface area contributed by atoms with Gasteiger partial charge in [0, 0.05) is 21.6 Å². The average molecular weight is 297 g/mol. The van der Waals surface area contributed by atoms with Crippen molar-refractivity contribution >= 4 is 22.2 Å². The van der Waals surface area contributed by atoms with Gasteiger partial charge < -0.3 is 0 Å². The number of hydrazine groups is 1. The Labute approximate surface area is 128 Å². The van der Waals surface area contributed by atoms with Gasteiger partial charge in [0.1, 0.15) is 0 Å². The van der Waals surface area contributed by atoms with Gasteiger partial charge in [-0.3, -0.25) is 16.3 Å². The van der Waals surface area contributed by atoms with E-state index in [1.807, 2.05) is 29.5 Å². The maximum atomic E-state index is 5.75. The van der Waals surface area contributed by atoms with Crippen LogP contribution in [0.3, 0.4) is 0 Å². The maximum absolute atomic E-state index is 5.75. The molecule has 3 rings (SSSR count). The van der Waals surface area contributed by atoms with Gasteiger partial charge in [0.15, 0.2) is 0 Å². The van der Waals surface area contributed by atoms with Crippen molar-refractivity contribution in [2.45, 2.75) is 25.8 Å². The molecule has 1 aromatic carbocycles. The third-order valence-corrected chi connectivity index (χ3v) is 4.90. The lowest BCUT2D eigenvalue weighted by Gasteiger charge is -2.15. The van der Waals surface area contributed by atoms with Gasteiger partial charge in [0.05, 0.1) is 17.3 Å². The normalized spacial score (nSPS) is 12.7. The second kappa shape index (κ2) is 6.35. The number of aromatic nitrogens is 1. The van der Waals surface area contributed by atoms with Crippen molar-refractivity contribution in [1.82, 2.24) is 10.4 Å². The lowest BCUT2D eigenvalue weighted by molar-refractivity contribution is 0.543. The molecule has 3 N–H and O–H groups in total. The molecule has 2 aromatic heterocycles. The molecule has 4 heteroatoms. The van der Waals surface area contributed by atoms with E-state index in [1.54, 1.807) is 0 Å². The molecule has 0 aliphatic heterocycles. The summed E-state index contributed by atoms with van der Waals surface area (Å²) in [7, 11) is 0. The van der Waals surface area contributed by atoms with Gasteiger partial charge in [-0.05, 0) is 30.7 Å². The number of nitrogens with zero attached hydrogens (tertiary/aromatic N) is 1. The van der Waals surface area contributed by atoms with E-state index >= 15 is 0 Å². The van der Waals surface area contributed by atoms with Gasteiger partial charge >= 0.3 is 0 Å². The summed E-state index contributed by atoms with van der Waals surface area (Å²) in [5.74, 6) is 5.75. The van der Waals surface area contributed by atoms with Crippen LogP contribution in [0, 0.1) is 0 Å². The summed E-state index contributed by atoms with van der Waals surface area (Å²) < 4.78 is 0. The lowest BCUT2D eigenvalue weighted by atomic mass is 10.1. The maximum Gasteiger partial charge on any atom is 0.0706 e. The molecule has 21 heavy (non-hydrogen) atoms. The number of rotatable bonds is 5. The average Bonchev–Trinajstić information content (AvgIpc) is 3.00. The number of aryl methyl sites for hydroxylation is 1. The number of benzene rings is 1. The van der Waals surface area contributed by atoms with Gasteiger partial charge in [-0.1, -0.05) is 31.2 Å². The van der Waals surface area contributed by atoms with Crippen molar-refractivity contribution in [1.29, 1.82) is 0 Å². The van der Waals surface area contributed by atoms with Crippen molar-refractivity contribution < 1.29 is 0 Å². The lowest BCUT2D eigenvalue weighted by Crippen LogP contribution is -2.30. The third-order valence-electron chi connectivity index (χ3n) is 3.65. The van der Waals surface area contributed by atoms with Gasteiger partial charge in [0.2, 0.25) is 0 Å². The zero-order valence-electron chi connectivity index (χ0n) is 12.0. The van der Waals surface area contributed by atoms with Crippen LogP contribution in [0.15, 0.2) is 48.5 Å². The first-order valence-electron chi connectivity index (χ1n) is 7.19. The first-order valence-corrected chi connectivity index (χ1v) is 8.01. The van der Waals surface area contributed by atoms with E-state index < -0.39 is 0 Å². The molecule has 0 saturated heterocycles. The van der Waals surface area contributed by atoms with Crippen molar-refractivity contribution in [3.8, 4) is 0 Å². The minimum Gasteiger partial charge on any atom is -0.271 e. The fourth-order valence-corrected chi connectivity index (χ4v) is 3.45. The second-order valence-corrected chi connectivity index (χ2v) is 6.33. The molecule has 1 unspecified atom stereocenters. The van der Waals surface area contributed by atoms with E-state index in [9.17, 15) is 0 Å². The van der Waals surface area contributed by atoms with E-state index in [1.165, 1.54) is 9.75 Å². The first kappa shape index (κ1) is 14.2. The first-order chi connectivity index (χ1) is 10.3. The monoisotopic (exact) mass is 297 g/mol. The quantitative estimate of drug-likeness (QED) is 0.559. The van der Waals surface area contributed by atoms with E-state index in [-0.39, 0.29) is 6.04 Å². The zero-order chi connectivity index (χ0) is 14.7. The third kappa shape index (κ3) is 3.13. The Balaban J connectivity index is 1.86. The molecule has 0 aliphatic carbocycles. The fourth-order valence-electron chi connectivity index (χ4n) is 2.45. The van der Waals surface area contributed by atoms with Gasteiger partial charge in [0.25, 0.3) is 0 Å². The summed E-state index contributed by atoms with van der Waals surface area (Å²) in [5, 5.41) is 1.15. The summed E-state index contributed by atoms with van der Waals surface area (Å²) in [6.07, 6.45) is 1.95. The highest BCUT2D eigenvalue weighted by Gasteiger charge is 2.14. The summed E-state index contributed by atoms with van der Waals surface area (Å²) >= 11 is 1.85. The van der Waals surface area contributed by atoms with E-state index in [4.69, 9.17) is 10.8 Å². The number of hydrogen-bond acceptors (Lipinski definition) is 4. The van der Waals surface area contributed by atoms with E-state index in [0.717, 1.165) is 29.4 Å². The summed E-state index contributed by atoms with van der Waals surface area (Å²) in [6, 6.07) is 16.7. The molecule has 108 valence electrons. The highest BCUT2D eigenvalue weighted by atomic mass is 32.1. The van der Waals surface area contributed by atoms with Crippen LogP contribution in [0.25, 0.3) is 10.9 Å². The predicted molar refractivity (Wildman–Crippen MR) is 89.2 cm³/mol. The molecule has 0 saturated carbocycles. The van der Waals surface area contributed by atoms with E-state index in [2.05, 4.69) is 42.7 Å². The standard InChI is InChI=1S/C17H19N3S/c1-2-13-8-9-14(21-13)11-17(20-18)16-10-7-12-5-3-4-6-15(12)19-16/h3-10,17,20H,2,11,18H2,1H3. The molecular weight excluding hydrogens is 278 g/mol. The molecule has 2 heterocycles. The van der Waals surface area contributed by atoms with Crippen molar-refractivity contribution in [3.05, 3.63) is 64.0 Å². The Kier molecular flexibility index (Phi) is 4.29. The highest BCUT2D eigenvalue weighted by molar-refractivity contribution is 7.11. The molecule has 3 aromatic rings. The van der Waals surface area contributed by atoms with Crippen LogP contribution >= 0.6 is 11.3 Å². The van der Waals surface area contributed by atoms with Crippen LogP contribution in [-0.2, 0) is 12.8 Å². The molecule has 0 amide bonds. The Hall–Kier alpha value is -1.75. The van der Waals surface area contributed by atoms with Crippen molar-refractivity contribution in [3.63, 3.8) is 0 Å². The van der Waals surface area contributed by atoms with Gasteiger partial charge in [-0.25, -0.2) is 0 Å². The number of pyridine rings is 1. The van der Waals surface area contributed by atoms with Crippen LogP contribution in [0.2, 0.25) is 0 Å². The fraction of sp³-hybridized carbons (Fsp3) is 0.235. The number of nitrogens with one attached hydrogen (secondary N) is 1. The van der Waals surface area contributed by atoms with Crippen LogP contribution < -0.4 is 11.3 Å². The summed E-state index contributed by atoms with van der Waals surface area (Å²) in [5.41, 5.74) is 4.90. The van der Waals surface area contributed by atoms with E-state index in [0.29, 0.717) is 0 Å². The van der Waals surface area contributed by atoms with Crippen LogP contribution in [0.5, 0.6) is 0 Å². The smallest absolute Gasteiger partial charge is 0.0706 e. The second-order valence-electron chi connectivity index (χ2n) is 5.07. The molecule has 0 aliphatic rings. The Morgan fingerprint density at radius 3 is 2.67 bits per heavy atom. The van der Waals surface area contributed by atoms with Gasteiger partial charge in [-0.2, -0.15) is 0 Å². The minimum absolute atomic E-state index is 0.0398.